The van der Waals surface area contributed by atoms with Crippen molar-refractivity contribution in [1.82, 2.24) is 4.72 Å². The Labute approximate surface area is 125 Å². The minimum absolute atomic E-state index is 0.0211. The van der Waals surface area contributed by atoms with Crippen LogP contribution in [0.5, 0.6) is 0 Å². The predicted octanol–water partition coefficient (Wildman–Crippen LogP) is 2.64. The van der Waals surface area contributed by atoms with Crippen molar-refractivity contribution in [1.29, 1.82) is 5.26 Å². The van der Waals surface area contributed by atoms with Crippen LogP contribution in [0, 0.1) is 11.3 Å². The zero-order chi connectivity index (χ0) is 15.3. The maximum Gasteiger partial charge on any atom is 0.241 e. The molecule has 0 saturated heterocycles. The van der Waals surface area contributed by atoms with Gasteiger partial charge >= 0.3 is 0 Å². The van der Waals surface area contributed by atoms with Gasteiger partial charge in [0.25, 0.3) is 0 Å². The van der Waals surface area contributed by atoms with Crippen LogP contribution in [0.3, 0.4) is 0 Å². The molecule has 2 rings (SSSR count). The lowest BCUT2D eigenvalue weighted by atomic mass is 10.0. The van der Waals surface area contributed by atoms with Crippen molar-refractivity contribution in [3.8, 4) is 6.07 Å². The molecule has 1 atom stereocenters. The summed E-state index contributed by atoms with van der Waals surface area (Å²) in [6.07, 6.45) is 0. The van der Waals surface area contributed by atoms with E-state index in [1.54, 1.807) is 12.1 Å². The van der Waals surface area contributed by atoms with E-state index in [1.165, 1.54) is 12.1 Å². The standard InChI is InChI=1S/C16H16N2O2S/c1-13(14-7-3-2-4-8-14)12-18-21(19,20)16-10-6-5-9-15(16)11-17/h2-10,13,18H,12H2,1H3. The molecular formula is C16H16N2O2S. The van der Waals surface area contributed by atoms with E-state index in [-0.39, 0.29) is 22.9 Å². The Morgan fingerprint density at radius 2 is 1.71 bits per heavy atom. The minimum Gasteiger partial charge on any atom is -0.211 e. The van der Waals surface area contributed by atoms with Crippen molar-refractivity contribution < 1.29 is 8.42 Å². The molecule has 2 aromatic rings. The van der Waals surface area contributed by atoms with Gasteiger partial charge < -0.3 is 0 Å². The van der Waals surface area contributed by atoms with Crippen molar-refractivity contribution in [2.24, 2.45) is 0 Å². The van der Waals surface area contributed by atoms with E-state index in [4.69, 9.17) is 5.26 Å². The highest BCUT2D eigenvalue weighted by atomic mass is 32.2. The second-order valence-corrected chi connectivity index (χ2v) is 6.51. The Bertz CT molecular complexity index is 749. The zero-order valence-corrected chi connectivity index (χ0v) is 12.5. The fourth-order valence-corrected chi connectivity index (χ4v) is 3.29. The number of nitrogens with zero attached hydrogens (tertiary/aromatic N) is 1. The summed E-state index contributed by atoms with van der Waals surface area (Å²) in [6, 6.07) is 17.8. The summed E-state index contributed by atoms with van der Waals surface area (Å²) >= 11 is 0. The molecule has 0 fully saturated rings. The van der Waals surface area contributed by atoms with Gasteiger partial charge in [0, 0.05) is 6.54 Å². The molecule has 0 radical (unpaired) electrons. The van der Waals surface area contributed by atoms with E-state index in [0.29, 0.717) is 0 Å². The molecule has 0 amide bonds. The highest BCUT2D eigenvalue weighted by Crippen LogP contribution is 2.17. The van der Waals surface area contributed by atoms with E-state index in [1.807, 2.05) is 43.3 Å². The third-order valence-electron chi connectivity index (χ3n) is 3.25. The van der Waals surface area contributed by atoms with Gasteiger partial charge in [-0.2, -0.15) is 5.26 Å². The molecule has 0 bridgehead atoms. The number of hydrogen-bond acceptors (Lipinski definition) is 3. The van der Waals surface area contributed by atoms with E-state index >= 15 is 0 Å². The Balaban J connectivity index is 2.14. The topological polar surface area (TPSA) is 70.0 Å². The largest absolute Gasteiger partial charge is 0.241 e. The normalized spacial score (nSPS) is 12.6. The number of sulfonamides is 1. The lowest BCUT2D eigenvalue weighted by Gasteiger charge is -2.14. The first-order valence-corrected chi connectivity index (χ1v) is 8.06. The maximum absolute atomic E-state index is 12.3. The molecule has 5 heteroatoms. The van der Waals surface area contributed by atoms with Crippen molar-refractivity contribution in [3.63, 3.8) is 0 Å². The number of benzene rings is 2. The summed E-state index contributed by atoms with van der Waals surface area (Å²) in [5.74, 6) is 0.0511. The average Bonchev–Trinajstić information content (AvgIpc) is 2.53. The molecule has 0 spiro atoms. The van der Waals surface area contributed by atoms with Crippen LogP contribution >= 0.6 is 0 Å². The minimum atomic E-state index is -3.68. The summed E-state index contributed by atoms with van der Waals surface area (Å²) in [5.41, 5.74) is 1.21. The smallest absolute Gasteiger partial charge is 0.211 e. The quantitative estimate of drug-likeness (QED) is 0.922. The van der Waals surface area contributed by atoms with E-state index in [2.05, 4.69) is 4.72 Å². The maximum atomic E-state index is 12.3. The number of hydrogen-bond donors (Lipinski definition) is 1. The summed E-state index contributed by atoms with van der Waals surface area (Å²) in [7, 11) is -3.68. The Kier molecular flexibility index (Phi) is 4.73. The highest BCUT2D eigenvalue weighted by Gasteiger charge is 2.19. The van der Waals surface area contributed by atoms with Gasteiger partial charge in [-0.1, -0.05) is 49.4 Å². The third-order valence-corrected chi connectivity index (χ3v) is 4.73. The summed E-state index contributed by atoms with van der Waals surface area (Å²) in [4.78, 5) is 0.0211. The zero-order valence-electron chi connectivity index (χ0n) is 11.7. The summed E-state index contributed by atoms with van der Waals surface area (Å²) in [6.45, 7) is 2.24. The third kappa shape index (κ3) is 3.69. The highest BCUT2D eigenvalue weighted by molar-refractivity contribution is 7.89. The second-order valence-electron chi connectivity index (χ2n) is 4.77. The molecule has 0 aromatic heterocycles. The molecule has 0 saturated carbocycles. The first-order valence-electron chi connectivity index (χ1n) is 6.58. The first kappa shape index (κ1) is 15.2. The van der Waals surface area contributed by atoms with Crippen LogP contribution in [-0.2, 0) is 10.0 Å². The van der Waals surface area contributed by atoms with Gasteiger partial charge in [0.1, 0.15) is 6.07 Å². The number of nitriles is 1. The molecule has 2 aromatic carbocycles. The lowest BCUT2D eigenvalue weighted by molar-refractivity contribution is 0.574. The molecule has 0 aliphatic carbocycles. The van der Waals surface area contributed by atoms with Gasteiger partial charge in [0.2, 0.25) is 10.0 Å². The van der Waals surface area contributed by atoms with Crippen LogP contribution in [0.1, 0.15) is 24.0 Å². The van der Waals surface area contributed by atoms with E-state index in [9.17, 15) is 8.42 Å². The van der Waals surface area contributed by atoms with Crippen LogP contribution in [0.4, 0.5) is 0 Å². The second kappa shape index (κ2) is 6.53. The molecule has 21 heavy (non-hydrogen) atoms. The van der Waals surface area contributed by atoms with Crippen LogP contribution in [-0.4, -0.2) is 15.0 Å². The molecule has 108 valence electrons. The molecule has 0 heterocycles. The fourth-order valence-electron chi connectivity index (χ4n) is 2.01. The van der Waals surface area contributed by atoms with Gasteiger partial charge in [0.05, 0.1) is 10.5 Å². The Morgan fingerprint density at radius 1 is 1.10 bits per heavy atom. The van der Waals surface area contributed by atoms with Gasteiger partial charge in [-0.05, 0) is 23.6 Å². The van der Waals surface area contributed by atoms with Crippen LogP contribution in [0.15, 0.2) is 59.5 Å². The van der Waals surface area contributed by atoms with Crippen LogP contribution < -0.4 is 4.72 Å². The van der Waals surface area contributed by atoms with Gasteiger partial charge in [-0.25, -0.2) is 13.1 Å². The first-order chi connectivity index (χ1) is 10.0. The van der Waals surface area contributed by atoms with Crippen molar-refractivity contribution in [2.45, 2.75) is 17.7 Å². The number of nitrogens with one attached hydrogen (secondary N) is 1. The molecule has 4 nitrogen and oxygen atoms in total. The number of rotatable bonds is 5. The van der Waals surface area contributed by atoms with Gasteiger partial charge in [-0.15, -0.1) is 0 Å². The van der Waals surface area contributed by atoms with Crippen LogP contribution in [0.2, 0.25) is 0 Å². The predicted molar refractivity (Wildman–Crippen MR) is 81.2 cm³/mol. The van der Waals surface area contributed by atoms with E-state index in [0.717, 1.165) is 5.56 Å². The molecular weight excluding hydrogens is 284 g/mol. The van der Waals surface area contributed by atoms with Crippen molar-refractivity contribution in [2.75, 3.05) is 6.54 Å². The Morgan fingerprint density at radius 3 is 2.38 bits per heavy atom. The Hall–Kier alpha value is -2.16. The lowest BCUT2D eigenvalue weighted by Crippen LogP contribution is -2.28. The van der Waals surface area contributed by atoms with Gasteiger partial charge in [0.15, 0.2) is 0 Å². The average molecular weight is 300 g/mol. The van der Waals surface area contributed by atoms with Crippen molar-refractivity contribution >= 4 is 10.0 Å². The molecule has 0 aliphatic rings. The summed E-state index contributed by atoms with van der Waals surface area (Å²) in [5, 5.41) is 8.99. The van der Waals surface area contributed by atoms with Crippen molar-refractivity contribution in [3.05, 3.63) is 65.7 Å². The fraction of sp³-hybridized carbons (Fsp3) is 0.188. The molecule has 0 aliphatic heterocycles. The monoisotopic (exact) mass is 300 g/mol. The molecule has 1 N–H and O–H groups in total. The van der Waals surface area contributed by atoms with E-state index < -0.39 is 10.0 Å². The SMILES string of the molecule is CC(CNS(=O)(=O)c1ccccc1C#N)c1ccccc1. The molecule has 1 unspecified atom stereocenters. The van der Waals surface area contributed by atoms with Gasteiger partial charge in [-0.3, -0.25) is 0 Å². The van der Waals surface area contributed by atoms with Crippen LogP contribution in [0.25, 0.3) is 0 Å². The summed E-state index contributed by atoms with van der Waals surface area (Å²) < 4.78 is 27.1.